The van der Waals surface area contributed by atoms with Crippen LogP contribution in [0.1, 0.15) is 77.2 Å². The number of allylic oxidation sites excluding steroid dienone is 1. The van der Waals surface area contributed by atoms with E-state index >= 15 is 0 Å². The minimum atomic E-state index is -0.0375. The number of ketones is 1. The Bertz CT molecular complexity index is 887. The highest BCUT2D eigenvalue weighted by Gasteiger charge is 2.59. The Morgan fingerprint density at radius 1 is 1.00 bits per heavy atom. The quantitative estimate of drug-likeness (QED) is 0.556. The van der Waals surface area contributed by atoms with Gasteiger partial charge in [0.05, 0.1) is 0 Å². The van der Waals surface area contributed by atoms with Crippen molar-refractivity contribution in [3.8, 4) is 0 Å². The summed E-state index contributed by atoms with van der Waals surface area (Å²) in [5.41, 5.74) is 2.95. The van der Waals surface area contributed by atoms with E-state index in [4.69, 9.17) is 4.74 Å². The molecule has 0 aliphatic heterocycles. The van der Waals surface area contributed by atoms with Crippen LogP contribution in [-0.4, -0.2) is 17.9 Å². The van der Waals surface area contributed by atoms with E-state index < -0.39 is 0 Å². The lowest BCUT2D eigenvalue weighted by atomic mass is 9.47. The lowest BCUT2D eigenvalue weighted by Gasteiger charge is -2.57. The molecule has 4 aliphatic carbocycles. The van der Waals surface area contributed by atoms with Crippen molar-refractivity contribution in [3.63, 3.8) is 0 Å². The Kier molecular flexibility index (Phi) is 5.35. The molecule has 0 saturated heterocycles. The van der Waals surface area contributed by atoms with E-state index in [-0.39, 0.29) is 22.9 Å². The molecule has 3 fully saturated rings. The van der Waals surface area contributed by atoms with Crippen molar-refractivity contribution in [2.75, 3.05) is 0 Å². The summed E-state index contributed by atoms with van der Waals surface area (Å²) in [5, 5.41) is 0. The van der Waals surface area contributed by atoms with E-state index in [2.05, 4.69) is 26.0 Å². The van der Waals surface area contributed by atoms with E-state index in [9.17, 15) is 9.59 Å². The van der Waals surface area contributed by atoms with Gasteiger partial charge in [-0.05, 0) is 86.2 Å². The minimum absolute atomic E-state index is 0.0375. The van der Waals surface area contributed by atoms with Crippen LogP contribution in [0.2, 0.25) is 0 Å². The Balaban J connectivity index is 1.26. The van der Waals surface area contributed by atoms with Gasteiger partial charge in [-0.1, -0.05) is 49.8 Å². The average molecular weight is 421 g/mol. The van der Waals surface area contributed by atoms with Crippen molar-refractivity contribution in [3.05, 3.63) is 47.5 Å². The lowest BCUT2D eigenvalue weighted by Crippen LogP contribution is -2.51. The fourth-order valence-electron chi connectivity index (χ4n) is 7.81. The van der Waals surface area contributed by atoms with E-state index in [0.717, 1.165) is 32.1 Å². The monoisotopic (exact) mass is 420 g/mol. The van der Waals surface area contributed by atoms with Gasteiger partial charge in [0, 0.05) is 18.3 Å². The zero-order chi connectivity index (χ0) is 21.6. The molecule has 0 amide bonds. The van der Waals surface area contributed by atoms with Crippen molar-refractivity contribution in [1.29, 1.82) is 0 Å². The van der Waals surface area contributed by atoms with Crippen molar-refractivity contribution in [2.45, 2.75) is 84.2 Å². The first-order valence-corrected chi connectivity index (χ1v) is 12.4. The highest BCUT2D eigenvalue weighted by molar-refractivity contribution is 5.91. The third-order valence-corrected chi connectivity index (χ3v) is 9.61. The summed E-state index contributed by atoms with van der Waals surface area (Å²) in [7, 11) is 0. The number of rotatable bonds is 4. The normalized spacial score (nSPS) is 39.2. The summed E-state index contributed by atoms with van der Waals surface area (Å²) in [5.74, 6) is 2.34. The number of benzene rings is 1. The molecule has 1 aromatic rings. The first-order chi connectivity index (χ1) is 14.9. The number of esters is 1. The second-order valence-corrected chi connectivity index (χ2v) is 11.1. The van der Waals surface area contributed by atoms with Crippen molar-refractivity contribution >= 4 is 11.8 Å². The molecule has 0 heterocycles. The van der Waals surface area contributed by atoms with Gasteiger partial charge in [0.2, 0.25) is 0 Å². The smallest absolute Gasteiger partial charge is 0.306 e. The fourth-order valence-corrected chi connectivity index (χ4v) is 7.81. The number of aryl methyl sites for hydroxylation is 1. The van der Waals surface area contributed by atoms with Gasteiger partial charge in [-0.15, -0.1) is 0 Å². The van der Waals surface area contributed by atoms with Crippen LogP contribution in [0.25, 0.3) is 0 Å². The highest BCUT2D eigenvalue weighted by Crippen LogP contribution is 2.65. The molecular weight excluding hydrogens is 384 g/mol. The summed E-state index contributed by atoms with van der Waals surface area (Å²) in [6.07, 6.45) is 11.8. The zero-order valence-corrected chi connectivity index (χ0v) is 19.1. The molecule has 3 heteroatoms. The summed E-state index contributed by atoms with van der Waals surface area (Å²) in [6, 6.07) is 10.2. The molecule has 0 N–H and O–H groups in total. The number of hydrogen-bond donors (Lipinski definition) is 0. The maximum Gasteiger partial charge on any atom is 0.306 e. The van der Waals surface area contributed by atoms with Gasteiger partial charge >= 0.3 is 5.97 Å². The molecule has 1 aromatic carbocycles. The summed E-state index contributed by atoms with van der Waals surface area (Å²) in [4.78, 5) is 24.7. The number of fused-ring (bicyclic) bond motifs is 5. The standard InChI is InChI=1S/C28H36O3/c1-27-16-14-21(29)18-20(27)9-10-22-23-11-12-25(28(23,2)17-15-24(22)27)31-26(30)13-8-19-6-4-3-5-7-19/h3-7,18,22-25H,8-17H2,1-2H3/t22?,23?,24?,25-,27-,28-/m1/s1. The molecule has 0 radical (unpaired) electrons. The Morgan fingerprint density at radius 2 is 1.81 bits per heavy atom. The summed E-state index contributed by atoms with van der Waals surface area (Å²) in [6.45, 7) is 4.83. The number of carbonyl (C=O) groups excluding carboxylic acids is 2. The molecule has 0 spiro atoms. The largest absolute Gasteiger partial charge is 0.462 e. The molecule has 5 rings (SSSR count). The Labute approximate surface area is 186 Å². The molecule has 4 aliphatic rings. The lowest BCUT2D eigenvalue weighted by molar-refractivity contribution is -0.159. The summed E-state index contributed by atoms with van der Waals surface area (Å²) < 4.78 is 6.14. The van der Waals surface area contributed by atoms with Crippen LogP contribution < -0.4 is 0 Å². The van der Waals surface area contributed by atoms with Crippen LogP contribution >= 0.6 is 0 Å². The SMILES string of the molecule is C[C@@]12CCC(=O)C=C1CCC1C2CC[C@]2(C)C1CC[C@H]2OC(=O)CCc1ccccc1. The molecular formula is C28H36O3. The summed E-state index contributed by atoms with van der Waals surface area (Å²) >= 11 is 0. The fraction of sp³-hybridized carbons (Fsp3) is 0.643. The Hall–Kier alpha value is -1.90. The van der Waals surface area contributed by atoms with Crippen LogP contribution in [0.3, 0.4) is 0 Å². The molecule has 3 nitrogen and oxygen atoms in total. The van der Waals surface area contributed by atoms with E-state index in [1.54, 1.807) is 0 Å². The molecule has 31 heavy (non-hydrogen) atoms. The first-order valence-electron chi connectivity index (χ1n) is 12.4. The maximum absolute atomic E-state index is 12.7. The highest BCUT2D eigenvalue weighted by atomic mass is 16.5. The molecule has 0 bridgehead atoms. The molecule has 3 saturated carbocycles. The molecule has 0 aromatic heterocycles. The van der Waals surface area contributed by atoms with Crippen LogP contribution in [0.15, 0.2) is 42.0 Å². The van der Waals surface area contributed by atoms with Crippen LogP contribution in [0.4, 0.5) is 0 Å². The topological polar surface area (TPSA) is 43.4 Å². The van der Waals surface area contributed by atoms with Gasteiger partial charge in [0.25, 0.3) is 0 Å². The minimum Gasteiger partial charge on any atom is -0.462 e. The third kappa shape index (κ3) is 3.58. The van der Waals surface area contributed by atoms with E-state index in [0.29, 0.717) is 36.4 Å². The van der Waals surface area contributed by atoms with Gasteiger partial charge < -0.3 is 4.74 Å². The zero-order valence-electron chi connectivity index (χ0n) is 19.1. The first kappa shape index (κ1) is 21.0. The van der Waals surface area contributed by atoms with Crippen LogP contribution in [0.5, 0.6) is 0 Å². The van der Waals surface area contributed by atoms with Gasteiger partial charge in [0.1, 0.15) is 6.10 Å². The Morgan fingerprint density at radius 3 is 2.61 bits per heavy atom. The third-order valence-electron chi connectivity index (χ3n) is 9.61. The predicted molar refractivity (Wildman–Crippen MR) is 121 cm³/mol. The predicted octanol–water partition coefficient (Wildman–Crippen LogP) is 6.06. The number of carbonyl (C=O) groups is 2. The van der Waals surface area contributed by atoms with Gasteiger partial charge in [-0.3, -0.25) is 9.59 Å². The molecule has 6 atom stereocenters. The van der Waals surface area contributed by atoms with Crippen LogP contribution in [0, 0.1) is 28.6 Å². The van der Waals surface area contributed by atoms with Gasteiger partial charge in [-0.2, -0.15) is 0 Å². The van der Waals surface area contributed by atoms with Crippen LogP contribution in [-0.2, 0) is 20.7 Å². The van der Waals surface area contributed by atoms with Crippen molar-refractivity contribution in [1.82, 2.24) is 0 Å². The van der Waals surface area contributed by atoms with E-state index in [1.165, 1.54) is 30.4 Å². The van der Waals surface area contributed by atoms with Gasteiger partial charge in [0.15, 0.2) is 5.78 Å². The van der Waals surface area contributed by atoms with Crippen molar-refractivity contribution < 1.29 is 14.3 Å². The van der Waals surface area contributed by atoms with Crippen molar-refractivity contribution in [2.24, 2.45) is 28.6 Å². The number of ether oxygens (including phenoxy) is 1. The van der Waals surface area contributed by atoms with Gasteiger partial charge in [-0.25, -0.2) is 0 Å². The average Bonchev–Trinajstić information content (AvgIpc) is 3.10. The maximum atomic E-state index is 12.7. The van der Waals surface area contributed by atoms with E-state index in [1.807, 2.05) is 24.3 Å². The second kappa shape index (κ2) is 7.90. The molecule has 3 unspecified atom stereocenters. The second-order valence-electron chi connectivity index (χ2n) is 11.1. The number of hydrogen-bond acceptors (Lipinski definition) is 3. The molecule has 166 valence electrons.